The van der Waals surface area contributed by atoms with Crippen LogP contribution in [0, 0.1) is 12.3 Å². The normalized spacial score (nSPS) is 12.1. The second kappa shape index (κ2) is 4.30. The molecule has 90 valence electrons. The van der Waals surface area contributed by atoms with Crippen LogP contribution in [0.25, 0.3) is 10.9 Å². The highest BCUT2D eigenvalue weighted by Gasteiger charge is 2.16. The van der Waals surface area contributed by atoms with Crippen molar-refractivity contribution >= 4 is 22.5 Å². The molecule has 0 unspecified atom stereocenters. The number of pyridine rings is 1. The lowest BCUT2D eigenvalue weighted by molar-refractivity contribution is 0.412. The van der Waals surface area contributed by atoms with Gasteiger partial charge in [0.05, 0.1) is 10.5 Å². The van der Waals surface area contributed by atoms with Crippen LogP contribution in [0.1, 0.15) is 31.9 Å². The number of fused-ring (bicyclic) bond motifs is 1. The molecule has 2 rings (SSSR count). The SMILES string of the molecule is Cc1cc(Cl)c2ncccc2c1CC(C)(C)C. The van der Waals surface area contributed by atoms with Gasteiger partial charge in [0, 0.05) is 11.6 Å². The lowest BCUT2D eigenvalue weighted by Crippen LogP contribution is -2.11. The first kappa shape index (κ1) is 12.4. The van der Waals surface area contributed by atoms with Crippen molar-refractivity contribution in [3.63, 3.8) is 0 Å². The highest BCUT2D eigenvalue weighted by molar-refractivity contribution is 6.35. The first-order valence-corrected chi connectivity index (χ1v) is 6.29. The molecule has 1 nitrogen and oxygen atoms in total. The summed E-state index contributed by atoms with van der Waals surface area (Å²) in [5.74, 6) is 0. The van der Waals surface area contributed by atoms with E-state index in [1.807, 2.05) is 12.1 Å². The Morgan fingerprint density at radius 3 is 2.65 bits per heavy atom. The van der Waals surface area contributed by atoms with Crippen LogP contribution < -0.4 is 0 Å². The molecule has 1 aromatic heterocycles. The van der Waals surface area contributed by atoms with Crippen molar-refractivity contribution in [1.82, 2.24) is 4.98 Å². The molecular weight excluding hydrogens is 230 g/mol. The number of aromatic nitrogens is 1. The van der Waals surface area contributed by atoms with E-state index in [-0.39, 0.29) is 5.41 Å². The summed E-state index contributed by atoms with van der Waals surface area (Å²) in [5, 5.41) is 1.93. The average molecular weight is 248 g/mol. The molecule has 0 atom stereocenters. The van der Waals surface area contributed by atoms with Crippen LogP contribution in [-0.4, -0.2) is 4.98 Å². The average Bonchev–Trinajstić information content (AvgIpc) is 2.23. The van der Waals surface area contributed by atoms with Crippen molar-refractivity contribution in [3.05, 3.63) is 40.5 Å². The van der Waals surface area contributed by atoms with Gasteiger partial charge in [-0.2, -0.15) is 0 Å². The summed E-state index contributed by atoms with van der Waals surface area (Å²) in [6.07, 6.45) is 2.84. The van der Waals surface area contributed by atoms with Crippen molar-refractivity contribution in [3.8, 4) is 0 Å². The van der Waals surface area contributed by atoms with Crippen LogP contribution in [-0.2, 0) is 6.42 Å². The minimum atomic E-state index is 0.265. The highest BCUT2D eigenvalue weighted by atomic mass is 35.5. The van der Waals surface area contributed by atoms with Crippen molar-refractivity contribution in [2.75, 3.05) is 0 Å². The minimum Gasteiger partial charge on any atom is -0.255 e. The van der Waals surface area contributed by atoms with Crippen molar-refractivity contribution in [2.24, 2.45) is 5.41 Å². The van der Waals surface area contributed by atoms with Gasteiger partial charge in [-0.25, -0.2) is 0 Å². The zero-order valence-electron chi connectivity index (χ0n) is 10.8. The fourth-order valence-corrected chi connectivity index (χ4v) is 2.48. The largest absolute Gasteiger partial charge is 0.255 e. The first-order chi connectivity index (χ1) is 7.88. The molecule has 17 heavy (non-hydrogen) atoms. The predicted molar refractivity (Wildman–Crippen MR) is 74.6 cm³/mol. The quantitative estimate of drug-likeness (QED) is 0.706. The second-order valence-electron chi connectivity index (χ2n) is 5.79. The van der Waals surface area contributed by atoms with E-state index in [2.05, 4.69) is 38.7 Å². The zero-order chi connectivity index (χ0) is 12.6. The summed E-state index contributed by atoms with van der Waals surface area (Å²) in [4.78, 5) is 4.38. The summed E-state index contributed by atoms with van der Waals surface area (Å²) in [5.41, 5.74) is 3.80. The van der Waals surface area contributed by atoms with Crippen LogP contribution in [0.2, 0.25) is 5.02 Å². The van der Waals surface area contributed by atoms with E-state index in [1.54, 1.807) is 6.20 Å². The molecule has 0 aliphatic carbocycles. The smallest absolute Gasteiger partial charge is 0.0891 e. The number of benzene rings is 1. The van der Waals surface area contributed by atoms with Crippen molar-refractivity contribution in [2.45, 2.75) is 34.1 Å². The lowest BCUT2D eigenvalue weighted by atomic mass is 9.85. The lowest BCUT2D eigenvalue weighted by Gasteiger charge is -2.21. The van der Waals surface area contributed by atoms with Crippen LogP contribution >= 0.6 is 11.6 Å². The molecule has 0 aliphatic heterocycles. The maximum absolute atomic E-state index is 6.24. The fraction of sp³-hybridized carbons (Fsp3) is 0.400. The summed E-state index contributed by atoms with van der Waals surface area (Å²) < 4.78 is 0. The maximum Gasteiger partial charge on any atom is 0.0891 e. The van der Waals surface area contributed by atoms with Gasteiger partial charge in [0.2, 0.25) is 0 Å². The maximum atomic E-state index is 6.24. The van der Waals surface area contributed by atoms with Gasteiger partial charge >= 0.3 is 0 Å². The van der Waals surface area contributed by atoms with Gasteiger partial charge in [-0.05, 0) is 42.0 Å². The monoisotopic (exact) mass is 247 g/mol. The Kier molecular flexibility index (Phi) is 3.13. The molecule has 0 saturated heterocycles. The highest BCUT2D eigenvalue weighted by Crippen LogP contribution is 2.32. The predicted octanol–water partition coefficient (Wildman–Crippen LogP) is 4.79. The van der Waals surface area contributed by atoms with Crippen molar-refractivity contribution < 1.29 is 0 Å². The number of halogens is 1. The molecule has 0 N–H and O–H groups in total. The van der Waals surface area contributed by atoms with E-state index >= 15 is 0 Å². The Labute approximate surface area is 108 Å². The van der Waals surface area contributed by atoms with E-state index in [0.717, 1.165) is 17.0 Å². The Hall–Kier alpha value is -1.08. The molecule has 0 aliphatic rings. The van der Waals surface area contributed by atoms with Crippen LogP contribution in [0.15, 0.2) is 24.4 Å². The van der Waals surface area contributed by atoms with E-state index in [4.69, 9.17) is 11.6 Å². The molecule has 0 saturated carbocycles. The van der Waals surface area contributed by atoms with Gasteiger partial charge in [0.25, 0.3) is 0 Å². The standard InChI is InChI=1S/C15H18ClN/c1-10-8-13(16)14-11(6-5-7-17-14)12(10)9-15(2,3)4/h5-8H,9H2,1-4H3. The van der Waals surface area contributed by atoms with Gasteiger partial charge < -0.3 is 0 Å². The van der Waals surface area contributed by atoms with Gasteiger partial charge in [-0.1, -0.05) is 38.4 Å². The van der Waals surface area contributed by atoms with Crippen LogP contribution in [0.5, 0.6) is 0 Å². The minimum absolute atomic E-state index is 0.265. The summed E-state index contributed by atoms with van der Waals surface area (Å²) in [6, 6.07) is 6.12. The molecule has 0 spiro atoms. The topological polar surface area (TPSA) is 12.9 Å². The Morgan fingerprint density at radius 1 is 1.29 bits per heavy atom. The summed E-state index contributed by atoms with van der Waals surface area (Å²) >= 11 is 6.24. The molecule has 0 fully saturated rings. The Morgan fingerprint density at radius 2 is 2.00 bits per heavy atom. The summed E-state index contributed by atoms with van der Waals surface area (Å²) in [6.45, 7) is 8.88. The van der Waals surface area contributed by atoms with Gasteiger partial charge in [0.15, 0.2) is 0 Å². The van der Waals surface area contributed by atoms with E-state index in [1.165, 1.54) is 16.5 Å². The molecule has 2 heteroatoms. The molecule has 0 radical (unpaired) electrons. The van der Waals surface area contributed by atoms with E-state index < -0.39 is 0 Å². The number of rotatable bonds is 1. The summed E-state index contributed by atoms with van der Waals surface area (Å²) in [7, 11) is 0. The molecule has 0 amide bonds. The Balaban J connectivity index is 2.69. The third-order valence-corrected chi connectivity index (χ3v) is 3.17. The van der Waals surface area contributed by atoms with E-state index in [0.29, 0.717) is 0 Å². The molecule has 1 heterocycles. The number of hydrogen-bond acceptors (Lipinski definition) is 1. The van der Waals surface area contributed by atoms with Gasteiger partial charge in [-0.3, -0.25) is 4.98 Å². The van der Waals surface area contributed by atoms with Gasteiger partial charge in [-0.15, -0.1) is 0 Å². The molecule has 0 bridgehead atoms. The zero-order valence-corrected chi connectivity index (χ0v) is 11.6. The van der Waals surface area contributed by atoms with Crippen LogP contribution in [0.4, 0.5) is 0 Å². The Bertz CT molecular complexity index is 553. The fourth-order valence-electron chi connectivity index (χ4n) is 2.16. The first-order valence-electron chi connectivity index (χ1n) is 5.91. The molecule has 1 aromatic carbocycles. The van der Waals surface area contributed by atoms with Crippen LogP contribution in [0.3, 0.4) is 0 Å². The van der Waals surface area contributed by atoms with Crippen molar-refractivity contribution in [1.29, 1.82) is 0 Å². The third kappa shape index (κ3) is 2.61. The third-order valence-electron chi connectivity index (χ3n) is 2.89. The second-order valence-corrected chi connectivity index (χ2v) is 6.20. The number of hydrogen-bond donors (Lipinski definition) is 0. The number of nitrogens with zero attached hydrogens (tertiary/aromatic N) is 1. The molecule has 2 aromatic rings. The molecular formula is C15H18ClN. The van der Waals surface area contributed by atoms with E-state index in [9.17, 15) is 0 Å². The number of aryl methyl sites for hydroxylation is 1. The van der Waals surface area contributed by atoms with Gasteiger partial charge in [0.1, 0.15) is 0 Å².